The number of imidazole rings is 1. The van der Waals surface area contributed by atoms with Crippen LogP contribution in [0, 0.1) is 10.1 Å². The lowest BCUT2D eigenvalue weighted by Crippen LogP contribution is -2.44. The van der Waals surface area contributed by atoms with E-state index in [0.717, 1.165) is 12.8 Å². The minimum atomic E-state index is -0.445. The highest BCUT2D eigenvalue weighted by atomic mass is 16.6. The summed E-state index contributed by atoms with van der Waals surface area (Å²) in [5.74, 6) is 0. The first-order valence-electron chi connectivity index (χ1n) is 6.53. The lowest BCUT2D eigenvalue weighted by Gasteiger charge is -2.25. The number of benzene rings is 1. The van der Waals surface area contributed by atoms with Crippen LogP contribution in [0.4, 0.5) is 5.69 Å². The van der Waals surface area contributed by atoms with Crippen LogP contribution < -0.4 is 10.5 Å². The van der Waals surface area contributed by atoms with Crippen LogP contribution in [0.15, 0.2) is 18.2 Å². The Bertz CT molecular complexity index is 619. The molecule has 0 spiro atoms. The molecule has 1 heterocycles. The first kappa shape index (κ1) is 14.3. The Morgan fingerprint density at radius 2 is 2.15 bits per heavy atom. The second-order valence-corrected chi connectivity index (χ2v) is 4.86. The van der Waals surface area contributed by atoms with Crippen molar-refractivity contribution in [2.45, 2.75) is 32.2 Å². The highest BCUT2D eigenvalue weighted by Gasteiger charge is 2.22. The monoisotopic (exact) mass is 278 g/mol. The molecule has 3 N–H and O–H groups in total. The molecule has 1 aromatic carbocycles. The van der Waals surface area contributed by atoms with Crippen molar-refractivity contribution < 1.29 is 9.66 Å². The van der Waals surface area contributed by atoms with E-state index in [9.17, 15) is 10.1 Å². The van der Waals surface area contributed by atoms with Crippen LogP contribution in [0.3, 0.4) is 0 Å². The summed E-state index contributed by atoms with van der Waals surface area (Å²) in [5.41, 5.74) is 6.98. The number of aromatic amines is 1. The zero-order valence-electron chi connectivity index (χ0n) is 11.5. The van der Waals surface area contributed by atoms with Gasteiger partial charge in [-0.2, -0.15) is 4.98 Å². The SMILES string of the molecule is CCC(N)(CC)COc1nc2ccc([N+](=O)[O-])cc2[nH]1. The number of nitrogens with two attached hydrogens (primary N) is 1. The summed E-state index contributed by atoms with van der Waals surface area (Å²) >= 11 is 0. The maximum absolute atomic E-state index is 10.7. The number of nitrogens with one attached hydrogen (secondary N) is 1. The number of ether oxygens (including phenoxy) is 1. The first-order chi connectivity index (χ1) is 9.47. The van der Waals surface area contributed by atoms with Crippen molar-refractivity contribution in [3.63, 3.8) is 0 Å². The predicted molar refractivity (Wildman–Crippen MR) is 75.7 cm³/mol. The molecule has 7 nitrogen and oxygen atoms in total. The van der Waals surface area contributed by atoms with E-state index in [0.29, 0.717) is 23.7 Å². The average molecular weight is 278 g/mol. The van der Waals surface area contributed by atoms with Gasteiger partial charge in [0.1, 0.15) is 6.61 Å². The van der Waals surface area contributed by atoms with Crippen LogP contribution >= 0.6 is 0 Å². The Balaban J connectivity index is 2.18. The summed E-state index contributed by atoms with van der Waals surface area (Å²) in [6, 6.07) is 4.77. The van der Waals surface area contributed by atoms with Gasteiger partial charge in [0.2, 0.25) is 0 Å². The van der Waals surface area contributed by atoms with E-state index in [1.807, 2.05) is 13.8 Å². The standard InChI is InChI=1S/C13H18N4O3/c1-3-13(14,4-2)8-20-12-15-10-6-5-9(17(18)19)7-11(10)16-12/h5-7H,3-4,8,14H2,1-2H3,(H,15,16). The normalized spacial score (nSPS) is 11.8. The molecule has 0 aliphatic rings. The second-order valence-electron chi connectivity index (χ2n) is 4.86. The van der Waals surface area contributed by atoms with E-state index in [1.165, 1.54) is 12.1 Å². The van der Waals surface area contributed by atoms with Crippen molar-refractivity contribution in [2.75, 3.05) is 6.61 Å². The van der Waals surface area contributed by atoms with Gasteiger partial charge in [-0.3, -0.25) is 10.1 Å². The molecule has 20 heavy (non-hydrogen) atoms. The van der Waals surface area contributed by atoms with Gasteiger partial charge in [-0.1, -0.05) is 13.8 Å². The zero-order chi connectivity index (χ0) is 14.8. The Kier molecular flexibility index (Phi) is 3.89. The van der Waals surface area contributed by atoms with Gasteiger partial charge in [0.15, 0.2) is 0 Å². The molecule has 0 unspecified atom stereocenters. The summed E-state index contributed by atoms with van der Waals surface area (Å²) in [6.07, 6.45) is 1.60. The number of rotatable bonds is 6. The summed E-state index contributed by atoms with van der Waals surface area (Å²) in [6.45, 7) is 4.37. The molecule has 0 atom stereocenters. The van der Waals surface area contributed by atoms with Gasteiger partial charge in [-0.05, 0) is 18.9 Å². The quantitative estimate of drug-likeness (QED) is 0.623. The minimum Gasteiger partial charge on any atom is -0.463 e. The molecule has 0 fully saturated rings. The number of aromatic nitrogens is 2. The topological polar surface area (TPSA) is 107 Å². The molecule has 108 valence electrons. The van der Waals surface area contributed by atoms with Gasteiger partial charge >= 0.3 is 0 Å². The van der Waals surface area contributed by atoms with Gasteiger partial charge < -0.3 is 15.5 Å². The molecule has 1 aromatic heterocycles. The number of hydrogen-bond donors (Lipinski definition) is 2. The van der Waals surface area contributed by atoms with E-state index < -0.39 is 4.92 Å². The fraction of sp³-hybridized carbons (Fsp3) is 0.462. The third-order valence-electron chi connectivity index (χ3n) is 3.56. The van der Waals surface area contributed by atoms with Crippen LogP contribution in [0.25, 0.3) is 11.0 Å². The number of nitro benzene ring substituents is 1. The first-order valence-corrected chi connectivity index (χ1v) is 6.53. The van der Waals surface area contributed by atoms with E-state index in [4.69, 9.17) is 10.5 Å². The van der Waals surface area contributed by atoms with Crippen molar-refractivity contribution in [3.05, 3.63) is 28.3 Å². The number of H-pyrrole nitrogens is 1. The summed E-state index contributed by atoms with van der Waals surface area (Å²) in [4.78, 5) is 17.4. The molecule has 2 rings (SSSR count). The van der Waals surface area contributed by atoms with Crippen LogP contribution in [-0.2, 0) is 0 Å². The number of nitro groups is 1. The maximum Gasteiger partial charge on any atom is 0.294 e. The molecule has 0 saturated carbocycles. The summed E-state index contributed by atoms with van der Waals surface area (Å²) < 4.78 is 5.58. The highest BCUT2D eigenvalue weighted by molar-refractivity contribution is 5.78. The van der Waals surface area contributed by atoms with Crippen molar-refractivity contribution in [1.82, 2.24) is 9.97 Å². The Morgan fingerprint density at radius 3 is 2.75 bits per heavy atom. The fourth-order valence-corrected chi connectivity index (χ4v) is 1.82. The molecular weight excluding hydrogens is 260 g/mol. The lowest BCUT2D eigenvalue weighted by atomic mass is 9.96. The van der Waals surface area contributed by atoms with E-state index in [2.05, 4.69) is 9.97 Å². The Labute approximate surface area is 116 Å². The van der Waals surface area contributed by atoms with E-state index >= 15 is 0 Å². The molecule has 0 bridgehead atoms. The fourth-order valence-electron chi connectivity index (χ4n) is 1.82. The minimum absolute atomic E-state index is 0.0167. The molecule has 0 saturated heterocycles. The molecule has 0 aliphatic carbocycles. The van der Waals surface area contributed by atoms with Gasteiger partial charge in [-0.25, -0.2) is 0 Å². The van der Waals surface area contributed by atoms with Crippen LogP contribution in [0.2, 0.25) is 0 Å². The van der Waals surface area contributed by atoms with Crippen molar-refractivity contribution >= 4 is 16.7 Å². The molecule has 7 heteroatoms. The predicted octanol–water partition coefficient (Wildman–Crippen LogP) is 2.37. The molecule has 0 amide bonds. The highest BCUT2D eigenvalue weighted by Crippen LogP contribution is 2.22. The average Bonchev–Trinajstić information content (AvgIpc) is 2.86. The third-order valence-corrected chi connectivity index (χ3v) is 3.56. The molecule has 0 radical (unpaired) electrons. The molecular formula is C13H18N4O3. The van der Waals surface area contributed by atoms with Crippen molar-refractivity contribution in [3.8, 4) is 6.01 Å². The van der Waals surface area contributed by atoms with Gasteiger partial charge in [0.25, 0.3) is 11.7 Å². The van der Waals surface area contributed by atoms with Gasteiger partial charge in [0, 0.05) is 17.7 Å². The Morgan fingerprint density at radius 1 is 1.45 bits per heavy atom. The maximum atomic E-state index is 10.7. The largest absolute Gasteiger partial charge is 0.463 e. The van der Waals surface area contributed by atoms with Crippen LogP contribution in [-0.4, -0.2) is 27.0 Å². The van der Waals surface area contributed by atoms with Crippen LogP contribution in [0.1, 0.15) is 26.7 Å². The van der Waals surface area contributed by atoms with Crippen molar-refractivity contribution in [2.24, 2.45) is 5.73 Å². The van der Waals surface area contributed by atoms with Gasteiger partial charge in [0.05, 0.1) is 16.0 Å². The Hall–Kier alpha value is -2.15. The third kappa shape index (κ3) is 2.88. The second kappa shape index (κ2) is 5.46. The molecule has 2 aromatic rings. The smallest absolute Gasteiger partial charge is 0.294 e. The summed E-state index contributed by atoms with van der Waals surface area (Å²) in [5, 5.41) is 10.7. The van der Waals surface area contributed by atoms with Gasteiger partial charge in [-0.15, -0.1) is 0 Å². The number of fused-ring (bicyclic) bond motifs is 1. The molecule has 0 aliphatic heterocycles. The summed E-state index contributed by atoms with van der Waals surface area (Å²) in [7, 11) is 0. The van der Waals surface area contributed by atoms with Crippen LogP contribution in [0.5, 0.6) is 6.01 Å². The van der Waals surface area contributed by atoms with E-state index in [-0.39, 0.29) is 11.2 Å². The zero-order valence-corrected chi connectivity index (χ0v) is 11.5. The van der Waals surface area contributed by atoms with E-state index in [1.54, 1.807) is 6.07 Å². The number of non-ortho nitro benzene ring substituents is 1. The van der Waals surface area contributed by atoms with Crippen molar-refractivity contribution in [1.29, 1.82) is 0 Å². The number of hydrogen-bond acceptors (Lipinski definition) is 5. The number of nitrogens with zero attached hydrogens (tertiary/aromatic N) is 2. The lowest BCUT2D eigenvalue weighted by molar-refractivity contribution is -0.384.